The number of thioether (sulfide) groups is 1. The first-order valence-corrected chi connectivity index (χ1v) is 9.33. The van der Waals surface area contributed by atoms with Gasteiger partial charge in [0.15, 0.2) is 5.78 Å². The van der Waals surface area contributed by atoms with Gasteiger partial charge in [-0.3, -0.25) is 9.48 Å². The van der Waals surface area contributed by atoms with E-state index in [9.17, 15) is 4.79 Å². The Morgan fingerprint density at radius 1 is 1.22 bits per heavy atom. The Kier molecular flexibility index (Phi) is 4.18. The van der Waals surface area contributed by atoms with Crippen LogP contribution < -0.4 is 5.46 Å². The van der Waals surface area contributed by atoms with Crippen molar-refractivity contribution in [3.8, 4) is 0 Å². The largest absolute Gasteiger partial charge is 0.498 e. The summed E-state index contributed by atoms with van der Waals surface area (Å²) in [4.78, 5) is 12.3. The number of rotatable bonds is 3. The Morgan fingerprint density at radius 2 is 1.78 bits per heavy atom. The molecule has 2 aliphatic heterocycles. The fourth-order valence-electron chi connectivity index (χ4n) is 3.12. The number of ketones is 1. The monoisotopic (exact) mass is 336 g/mol. The number of aromatic nitrogens is 2. The molecule has 0 aliphatic carbocycles. The minimum atomic E-state index is -0.507. The predicted octanol–water partition coefficient (Wildman–Crippen LogP) is 1.99. The lowest BCUT2D eigenvalue weighted by Gasteiger charge is -2.35. The van der Waals surface area contributed by atoms with Crippen molar-refractivity contribution in [3.63, 3.8) is 0 Å². The van der Waals surface area contributed by atoms with E-state index < -0.39 is 12.7 Å². The van der Waals surface area contributed by atoms with Gasteiger partial charge in [-0.15, -0.1) is 0 Å². The molecule has 0 bridgehead atoms. The quantitative estimate of drug-likeness (QED) is 0.790. The average molecular weight is 336 g/mol. The van der Waals surface area contributed by atoms with Crippen LogP contribution in [0.15, 0.2) is 12.4 Å². The Labute approximate surface area is 142 Å². The van der Waals surface area contributed by atoms with Crippen molar-refractivity contribution in [2.24, 2.45) is 0 Å². The molecule has 126 valence electrons. The molecular weight excluding hydrogens is 311 g/mol. The van der Waals surface area contributed by atoms with E-state index in [-0.39, 0.29) is 17.0 Å². The van der Waals surface area contributed by atoms with Crippen molar-refractivity contribution in [1.29, 1.82) is 0 Å². The molecule has 2 aliphatic rings. The second kappa shape index (κ2) is 5.64. The van der Waals surface area contributed by atoms with E-state index in [0.717, 1.165) is 29.8 Å². The maximum atomic E-state index is 12.3. The number of hydrogen-bond donors (Lipinski definition) is 0. The zero-order valence-electron chi connectivity index (χ0n) is 14.6. The fourth-order valence-corrected chi connectivity index (χ4v) is 4.29. The molecule has 7 heteroatoms. The van der Waals surface area contributed by atoms with Gasteiger partial charge in [0, 0.05) is 17.9 Å². The SMILES string of the molecule is CC(=O)C1(n2cc(B3OC(C)(C)C(C)(C)O3)cn2)CCSCC1. The number of carbonyl (C=O) groups is 1. The molecule has 0 unspecified atom stereocenters. The summed E-state index contributed by atoms with van der Waals surface area (Å²) in [7, 11) is -0.435. The summed E-state index contributed by atoms with van der Waals surface area (Å²) in [6.07, 6.45) is 5.36. The maximum Gasteiger partial charge on any atom is 0.498 e. The Balaban J connectivity index is 1.88. The van der Waals surface area contributed by atoms with Crippen LogP contribution in [0.5, 0.6) is 0 Å². The third-order valence-electron chi connectivity index (χ3n) is 5.54. The van der Waals surface area contributed by atoms with Crippen molar-refractivity contribution in [3.05, 3.63) is 12.4 Å². The Hall–Kier alpha value is -0.785. The number of carbonyl (C=O) groups excluding carboxylic acids is 1. The topological polar surface area (TPSA) is 53.4 Å². The summed E-state index contributed by atoms with van der Waals surface area (Å²) < 4.78 is 14.0. The van der Waals surface area contributed by atoms with Crippen LogP contribution >= 0.6 is 11.8 Å². The highest BCUT2D eigenvalue weighted by molar-refractivity contribution is 7.99. The van der Waals surface area contributed by atoms with Crippen LogP contribution in [0.1, 0.15) is 47.5 Å². The molecule has 3 heterocycles. The first-order valence-electron chi connectivity index (χ1n) is 8.17. The highest BCUT2D eigenvalue weighted by Gasteiger charge is 2.52. The number of hydrogen-bond acceptors (Lipinski definition) is 5. The summed E-state index contributed by atoms with van der Waals surface area (Å²) in [6, 6.07) is 0. The maximum absolute atomic E-state index is 12.3. The minimum absolute atomic E-state index is 0.182. The van der Waals surface area contributed by atoms with Crippen LogP contribution in [0.3, 0.4) is 0 Å². The molecule has 1 aromatic rings. The van der Waals surface area contributed by atoms with E-state index in [1.54, 1.807) is 13.1 Å². The zero-order chi connectivity index (χ0) is 16.9. The normalized spacial score (nSPS) is 25.5. The molecule has 3 rings (SSSR count). The standard InChI is InChI=1S/C16H25BN2O3S/c1-12(20)16(6-8-23-9-7-16)19-11-13(10-18-19)17-21-14(2,3)15(4,5)22-17/h10-11H,6-9H2,1-5H3. The van der Waals surface area contributed by atoms with Gasteiger partial charge in [0.1, 0.15) is 5.54 Å². The molecule has 0 aromatic carbocycles. The molecule has 0 spiro atoms. The highest BCUT2D eigenvalue weighted by Crippen LogP contribution is 2.37. The average Bonchev–Trinajstić information content (AvgIpc) is 3.03. The lowest BCUT2D eigenvalue weighted by molar-refractivity contribution is -0.126. The van der Waals surface area contributed by atoms with Crippen molar-refractivity contribution >= 4 is 30.1 Å². The van der Waals surface area contributed by atoms with Gasteiger partial charge in [0.25, 0.3) is 0 Å². The third kappa shape index (κ3) is 2.77. The van der Waals surface area contributed by atoms with E-state index in [4.69, 9.17) is 9.31 Å². The number of nitrogens with zero attached hydrogens (tertiary/aromatic N) is 2. The predicted molar refractivity (Wildman–Crippen MR) is 93.2 cm³/mol. The van der Waals surface area contributed by atoms with Gasteiger partial charge in [-0.2, -0.15) is 16.9 Å². The van der Waals surface area contributed by atoms with Gasteiger partial charge in [-0.1, -0.05) is 0 Å². The van der Waals surface area contributed by atoms with E-state index in [1.807, 2.05) is 50.3 Å². The molecular formula is C16H25BN2O3S. The molecule has 2 fully saturated rings. The van der Waals surface area contributed by atoms with Gasteiger partial charge >= 0.3 is 7.12 Å². The molecule has 5 nitrogen and oxygen atoms in total. The van der Waals surface area contributed by atoms with Crippen molar-refractivity contribution in [2.45, 2.75) is 64.2 Å². The van der Waals surface area contributed by atoms with Crippen molar-refractivity contribution < 1.29 is 14.1 Å². The van der Waals surface area contributed by atoms with Crippen molar-refractivity contribution in [1.82, 2.24) is 9.78 Å². The lowest BCUT2D eigenvalue weighted by Crippen LogP contribution is -2.44. The number of Topliss-reactive ketones (excluding diaryl/α,β-unsaturated/α-hetero) is 1. The minimum Gasteiger partial charge on any atom is -0.399 e. The smallest absolute Gasteiger partial charge is 0.399 e. The lowest BCUT2D eigenvalue weighted by atomic mass is 9.81. The van der Waals surface area contributed by atoms with E-state index in [1.165, 1.54) is 0 Å². The zero-order valence-corrected chi connectivity index (χ0v) is 15.4. The Bertz CT molecular complexity index is 592. The summed E-state index contributed by atoms with van der Waals surface area (Å²) in [5.41, 5.74) is -0.380. The van der Waals surface area contributed by atoms with Crippen molar-refractivity contribution in [2.75, 3.05) is 11.5 Å². The van der Waals surface area contributed by atoms with Crippen LogP contribution in [-0.4, -0.2) is 45.4 Å². The molecule has 0 radical (unpaired) electrons. The highest BCUT2D eigenvalue weighted by atomic mass is 32.2. The first-order chi connectivity index (χ1) is 10.7. The fraction of sp³-hybridized carbons (Fsp3) is 0.750. The van der Waals surface area contributed by atoms with Crippen LogP contribution in [0.25, 0.3) is 0 Å². The van der Waals surface area contributed by atoms with Gasteiger partial charge < -0.3 is 9.31 Å². The summed E-state index contributed by atoms with van der Waals surface area (Å²) >= 11 is 1.90. The molecule has 0 amide bonds. The molecule has 0 saturated carbocycles. The van der Waals surface area contributed by atoms with Gasteiger partial charge in [-0.05, 0) is 59.0 Å². The molecule has 0 N–H and O–H groups in total. The van der Waals surface area contributed by atoms with Crippen LogP contribution in [0.2, 0.25) is 0 Å². The van der Waals surface area contributed by atoms with Gasteiger partial charge in [0.2, 0.25) is 0 Å². The summed E-state index contributed by atoms with van der Waals surface area (Å²) in [6.45, 7) is 9.81. The van der Waals surface area contributed by atoms with E-state index >= 15 is 0 Å². The Morgan fingerprint density at radius 3 is 2.30 bits per heavy atom. The van der Waals surface area contributed by atoms with E-state index in [0.29, 0.717) is 0 Å². The van der Waals surface area contributed by atoms with Crippen LogP contribution in [0.4, 0.5) is 0 Å². The summed E-state index contributed by atoms with van der Waals surface area (Å²) in [5, 5.41) is 4.50. The molecule has 0 atom stereocenters. The molecule has 2 saturated heterocycles. The first kappa shape index (κ1) is 17.1. The van der Waals surface area contributed by atoms with Crippen LogP contribution in [-0.2, 0) is 19.6 Å². The van der Waals surface area contributed by atoms with E-state index in [2.05, 4.69) is 5.10 Å². The second-order valence-corrected chi connectivity index (χ2v) is 8.73. The summed E-state index contributed by atoms with van der Waals surface area (Å²) in [5.74, 6) is 2.16. The molecule has 23 heavy (non-hydrogen) atoms. The van der Waals surface area contributed by atoms with Crippen LogP contribution in [0, 0.1) is 0 Å². The van der Waals surface area contributed by atoms with Gasteiger partial charge in [0.05, 0.1) is 11.2 Å². The molecule has 1 aromatic heterocycles. The van der Waals surface area contributed by atoms with Gasteiger partial charge in [-0.25, -0.2) is 0 Å². The third-order valence-corrected chi connectivity index (χ3v) is 6.53. The second-order valence-electron chi connectivity index (χ2n) is 7.51.